The zero-order valence-electron chi connectivity index (χ0n) is 8.53. The summed E-state index contributed by atoms with van der Waals surface area (Å²) < 4.78 is 0. The molecule has 0 spiro atoms. The van der Waals surface area contributed by atoms with Gasteiger partial charge < -0.3 is 11.5 Å². The second kappa shape index (κ2) is 4.22. The summed E-state index contributed by atoms with van der Waals surface area (Å²) in [5, 5.41) is 0.265. The molecule has 0 heterocycles. The first-order chi connectivity index (χ1) is 7.49. The van der Waals surface area contributed by atoms with Gasteiger partial charge in [-0.3, -0.25) is 0 Å². The quantitative estimate of drug-likeness (QED) is 0.598. The number of rotatable bonds is 1. The first-order valence-corrected chi connectivity index (χ1v) is 5.69. The Morgan fingerprint density at radius 1 is 1.25 bits per heavy atom. The van der Waals surface area contributed by atoms with E-state index in [0.29, 0.717) is 5.02 Å². The predicted molar refractivity (Wildman–Crippen MR) is 69.3 cm³/mol. The van der Waals surface area contributed by atoms with Crippen molar-refractivity contribution in [2.24, 2.45) is 11.5 Å². The third kappa shape index (κ3) is 2.30. The van der Waals surface area contributed by atoms with Gasteiger partial charge in [-0.05, 0) is 29.3 Å². The number of benzene rings is 1. The minimum atomic E-state index is -0.983. The van der Waals surface area contributed by atoms with Gasteiger partial charge in [-0.25, -0.2) is 0 Å². The molecule has 1 aliphatic carbocycles. The number of hydrogen-bond acceptors (Lipinski definition) is 2. The summed E-state index contributed by atoms with van der Waals surface area (Å²) in [6.45, 7) is 0. The van der Waals surface area contributed by atoms with Crippen molar-refractivity contribution in [3.63, 3.8) is 0 Å². The van der Waals surface area contributed by atoms with Crippen LogP contribution in [0.25, 0.3) is 5.57 Å². The maximum absolute atomic E-state index is 6.08. The molecule has 0 fully saturated rings. The molecule has 0 aromatic heterocycles. The van der Waals surface area contributed by atoms with Crippen LogP contribution in [0.5, 0.6) is 0 Å². The third-order valence-electron chi connectivity index (χ3n) is 2.51. The maximum Gasteiger partial charge on any atom is 0.104 e. The molecule has 4 heteroatoms. The Labute approximate surface area is 105 Å². The van der Waals surface area contributed by atoms with Crippen LogP contribution in [0.15, 0.2) is 42.5 Å². The molecule has 0 saturated carbocycles. The Balaban J connectivity index is 2.35. The second-order valence-corrected chi connectivity index (χ2v) is 4.77. The minimum absolute atomic E-state index is 0.425. The number of halogens is 2. The van der Waals surface area contributed by atoms with Crippen LogP contribution in [0, 0.1) is 0 Å². The summed E-state index contributed by atoms with van der Waals surface area (Å²) in [6, 6.07) is 7.56. The van der Waals surface area contributed by atoms with E-state index < -0.39 is 11.0 Å². The minimum Gasteiger partial charge on any atom is -0.309 e. The molecule has 2 nitrogen and oxygen atoms in total. The van der Waals surface area contributed by atoms with Crippen molar-refractivity contribution in [2.75, 3.05) is 0 Å². The van der Waals surface area contributed by atoms with Crippen LogP contribution in [0.1, 0.15) is 5.56 Å². The van der Waals surface area contributed by atoms with Crippen LogP contribution in [-0.4, -0.2) is 11.0 Å². The number of alkyl halides is 1. The van der Waals surface area contributed by atoms with E-state index in [0.717, 1.165) is 11.1 Å². The van der Waals surface area contributed by atoms with Crippen molar-refractivity contribution in [2.45, 2.75) is 11.0 Å². The van der Waals surface area contributed by atoms with Gasteiger partial charge in [0.2, 0.25) is 0 Å². The van der Waals surface area contributed by atoms with Crippen molar-refractivity contribution in [1.29, 1.82) is 0 Å². The summed E-state index contributed by atoms with van der Waals surface area (Å²) in [5.41, 5.74) is 12.6. The van der Waals surface area contributed by atoms with E-state index in [-0.39, 0.29) is 0 Å². The first-order valence-electron chi connectivity index (χ1n) is 4.88. The van der Waals surface area contributed by atoms with Crippen LogP contribution in [0.2, 0.25) is 5.02 Å². The van der Waals surface area contributed by atoms with Crippen molar-refractivity contribution < 1.29 is 0 Å². The van der Waals surface area contributed by atoms with Gasteiger partial charge in [0.25, 0.3) is 0 Å². The van der Waals surface area contributed by atoms with Crippen molar-refractivity contribution in [3.8, 4) is 0 Å². The standard InChI is InChI=1S/C12H12Cl2N2/c13-10-3-1-2-8(6-10)9-4-5-12(15,16)11(14)7-9/h1-7,11H,15-16H2. The summed E-state index contributed by atoms with van der Waals surface area (Å²) in [4.78, 5) is 0. The van der Waals surface area contributed by atoms with Crippen LogP contribution in [0.4, 0.5) is 0 Å². The fourth-order valence-corrected chi connectivity index (χ4v) is 1.94. The molecule has 1 unspecified atom stereocenters. The Morgan fingerprint density at radius 3 is 2.62 bits per heavy atom. The van der Waals surface area contributed by atoms with Gasteiger partial charge in [0.05, 0.1) is 5.38 Å². The molecule has 1 aromatic rings. The molecule has 1 aromatic carbocycles. The lowest BCUT2D eigenvalue weighted by atomic mass is 9.94. The summed E-state index contributed by atoms with van der Waals surface area (Å²) in [6.07, 6.45) is 5.42. The van der Waals surface area contributed by atoms with E-state index in [2.05, 4.69) is 0 Å². The van der Waals surface area contributed by atoms with Gasteiger partial charge in [0.1, 0.15) is 5.66 Å². The fraction of sp³-hybridized carbons (Fsp3) is 0.167. The lowest BCUT2D eigenvalue weighted by Crippen LogP contribution is -2.55. The number of hydrogen-bond donors (Lipinski definition) is 2. The van der Waals surface area contributed by atoms with Gasteiger partial charge in [-0.15, -0.1) is 11.6 Å². The summed E-state index contributed by atoms with van der Waals surface area (Å²) in [5.74, 6) is 0. The normalized spacial score (nSPS) is 23.0. The molecule has 16 heavy (non-hydrogen) atoms. The molecule has 0 bridgehead atoms. The third-order valence-corrected chi connectivity index (χ3v) is 3.25. The highest BCUT2D eigenvalue weighted by Gasteiger charge is 2.27. The molecule has 0 radical (unpaired) electrons. The topological polar surface area (TPSA) is 52.0 Å². The number of nitrogens with two attached hydrogens (primary N) is 2. The van der Waals surface area contributed by atoms with Crippen molar-refractivity contribution >= 4 is 28.8 Å². The molecule has 0 saturated heterocycles. The lowest BCUT2D eigenvalue weighted by molar-refractivity contribution is 0.565. The first kappa shape index (κ1) is 11.7. The molecule has 2 rings (SSSR count). The maximum atomic E-state index is 6.08. The van der Waals surface area contributed by atoms with Gasteiger partial charge in [-0.1, -0.05) is 35.9 Å². The highest BCUT2D eigenvalue weighted by molar-refractivity contribution is 6.30. The second-order valence-electron chi connectivity index (χ2n) is 3.87. The van der Waals surface area contributed by atoms with E-state index in [1.54, 1.807) is 6.08 Å². The molecule has 1 aliphatic rings. The van der Waals surface area contributed by atoms with Crippen LogP contribution in [0.3, 0.4) is 0 Å². The summed E-state index contributed by atoms with van der Waals surface area (Å²) in [7, 11) is 0. The van der Waals surface area contributed by atoms with E-state index in [4.69, 9.17) is 34.7 Å². The van der Waals surface area contributed by atoms with E-state index in [1.807, 2.05) is 36.4 Å². The van der Waals surface area contributed by atoms with Crippen molar-refractivity contribution in [1.82, 2.24) is 0 Å². The largest absolute Gasteiger partial charge is 0.309 e. The Morgan fingerprint density at radius 2 is 2.00 bits per heavy atom. The molecule has 0 amide bonds. The van der Waals surface area contributed by atoms with Gasteiger partial charge >= 0.3 is 0 Å². The van der Waals surface area contributed by atoms with Gasteiger partial charge in [-0.2, -0.15) is 0 Å². The lowest BCUT2D eigenvalue weighted by Gasteiger charge is -2.28. The highest BCUT2D eigenvalue weighted by atomic mass is 35.5. The van der Waals surface area contributed by atoms with Crippen molar-refractivity contribution in [3.05, 3.63) is 53.1 Å². The van der Waals surface area contributed by atoms with E-state index in [9.17, 15) is 0 Å². The molecule has 0 aliphatic heterocycles. The van der Waals surface area contributed by atoms with Crippen LogP contribution in [-0.2, 0) is 0 Å². The zero-order valence-corrected chi connectivity index (χ0v) is 10.0. The molecule has 84 valence electrons. The van der Waals surface area contributed by atoms with E-state index in [1.165, 1.54) is 0 Å². The molecule has 1 atom stereocenters. The SMILES string of the molecule is NC1(N)C=CC(c2cccc(Cl)c2)=CC1Cl. The molecular weight excluding hydrogens is 243 g/mol. The highest BCUT2D eigenvalue weighted by Crippen LogP contribution is 2.27. The number of allylic oxidation sites excluding steroid dienone is 2. The smallest absolute Gasteiger partial charge is 0.104 e. The average Bonchev–Trinajstić information content (AvgIpc) is 2.22. The van der Waals surface area contributed by atoms with Crippen LogP contribution >= 0.6 is 23.2 Å². The molecule has 4 N–H and O–H groups in total. The summed E-state index contributed by atoms with van der Waals surface area (Å²) >= 11 is 12.0. The zero-order chi connectivity index (χ0) is 11.8. The van der Waals surface area contributed by atoms with Gasteiger partial charge in [0, 0.05) is 5.02 Å². The Bertz CT molecular complexity index is 464. The van der Waals surface area contributed by atoms with Gasteiger partial charge in [0.15, 0.2) is 0 Å². The predicted octanol–water partition coefficient (Wildman–Crippen LogP) is 2.51. The average molecular weight is 255 g/mol. The van der Waals surface area contributed by atoms with E-state index >= 15 is 0 Å². The fourth-order valence-electron chi connectivity index (χ4n) is 1.54. The Kier molecular flexibility index (Phi) is 3.08. The molecular formula is C12H12Cl2N2. The monoisotopic (exact) mass is 254 g/mol. The Hall–Kier alpha value is -0.800. The van der Waals surface area contributed by atoms with Crippen LogP contribution < -0.4 is 11.5 Å².